The highest BCUT2D eigenvalue weighted by atomic mass is 16.5. The minimum Gasteiger partial charge on any atom is -0.496 e. The number of rotatable bonds is 8. The lowest BCUT2D eigenvalue weighted by molar-refractivity contribution is 0.354. The predicted octanol–water partition coefficient (Wildman–Crippen LogP) is 4.62. The minimum atomic E-state index is 0.771. The number of aryl methyl sites for hydroxylation is 4. The normalized spacial score (nSPS) is 10.5. The molecule has 0 aliphatic heterocycles. The molecular weight excluding hydrogens is 300 g/mol. The molecule has 130 valence electrons. The molecule has 2 aromatic rings. The third kappa shape index (κ3) is 4.02. The van der Waals surface area contributed by atoms with Crippen molar-refractivity contribution in [2.24, 2.45) is 0 Å². The van der Waals surface area contributed by atoms with Gasteiger partial charge in [0.05, 0.1) is 21.3 Å². The first-order valence-electron chi connectivity index (χ1n) is 8.56. The van der Waals surface area contributed by atoms with Crippen molar-refractivity contribution >= 4 is 0 Å². The van der Waals surface area contributed by atoms with Crippen LogP contribution in [-0.4, -0.2) is 21.3 Å². The maximum absolute atomic E-state index is 5.60. The van der Waals surface area contributed by atoms with Crippen LogP contribution in [0.5, 0.6) is 17.2 Å². The van der Waals surface area contributed by atoms with Gasteiger partial charge in [-0.15, -0.1) is 0 Å². The van der Waals surface area contributed by atoms with Gasteiger partial charge in [-0.2, -0.15) is 0 Å². The average Bonchev–Trinajstić information content (AvgIpc) is 2.64. The molecule has 0 aromatic heterocycles. The molecule has 0 saturated carbocycles. The van der Waals surface area contributed by atoms with E-state index in [1.807, 2.05) is 6.07 Å². The van der Waals surface area contributed by atoms with Crippen molar-refractivity contribution in [1.29, 1.82) is 0 Å². The molecule has 2 aromatic carbocycles. The minimum absolute atomic E-state index is 0.771. The molecule has 0 spiro atoms. The molecule has 0 atom stereocenters. The molecule has 0 N–H and O–H groups in total. The van der Waals surface area contributed by atoms with Gasteiger partial charge in [-0.3, -0.25) is 0 Å². The average molecular weight is 328 g/mol. The van der Waals surface area contributed by atoms with Gasteiger partial charge in [-0.25, -0.2) is 0 Å². The lowest BCUT2D eigenvalue weighted by Gasteiger charge is -2.15. The standard InChI is InChI=1S/C21H28O3/c1-6-17-12-16(13-18(7-2)21(17)24-5)9-8-15-10-11-19(22-3)20(14-15)23-4/h10-14H,6-9H2,1-5H3. The Morgan fingerprint density at radius 2 is 1.25 bits per heavy atom. The third-order valence-corrected chi connectivity index (χ3v) is 4.42. The fourth-order valence-corrected chi connectivity index (χ4v) is 3.08. The molecule has 0 bridgehead atoms. The van der Waals surface area contributed by atoms with Crippen molar-refractivity contribution in [1.82, 2.24) is 0 Å². The Labute approximate surface area is 145 Å². The Morgan fingerprint density at radius 1 is 0.667 bits per heavy atom. The van der Waals surface area contributed by atoms with Crippen LogP contribution in [0.25, 0.3) is 0 Å². The second kappa shape index (κ2) is 8.62. The first kappa shape index (κ1) is 18.2. The van der Waals surface area contributed by atoms with Gasteiger partial charge in [0.25, 0.3) is 0 Å². The summed E-state index contributed by atoms with van der Waals surface area (Å²) in [6, 6.07) is 10.7. The maximum atomic E-state index is 5.60. The smallest absolute Gasteiger partial charge is 0.160 e. The van der Waals surface area contributed by atoms with Gasteiger partial charge < -0.3 is 14.2 Å². The summed E-state index contributed by atoms with van der Waals surface area (Å²) in [6.07, 6.45) is 3.94. The van der Waals surface area contributed by atoms with Crippen LogP contribution in [0.1, 0.15) is 36.1 Å². The quantitative estimate of drug-likeness (QED) is 0.707. The van der Waals surface area contributed by atoms with Crippen molar-refractivity contribution < 1.29 is 14.2 Å². The van der Waals surface area contributed by atoms with E-state index in [1.54, 1.807) is 21.3 Å². The van der Waals surface area contributed by atoms with Gasteiger partial charge in [0.1, 0.15) is 5.75 Å². The van der Waals surface area contributed by atoms with E-state index in [0.717, 1.165) is 42.9 Å². The van der Waals surface area contributed by atoms with Gasteiger partial charge in [0.2, 0.25) is 0 Å². The topological polar surface area (TPSA) is 27.7 Å². The molecule has 0 aliphatic rings. The molecule has 3 heteroatoms. The predicted molar refractivity (Wildman–Crippen MR) is 98.7 cm³/mol. The fraction of sp³-hybridized carbons (Fsp3) is 0.429. The van der Waals surface area contributed by atoms with E-state index < -0.39 is 0 Å². The summed E-state index contributed by atoms with van der Waals surface area (Å²) in [4.78, 5) is 0. The number of hydrogen-bond acceptors (Lipinski definition) is 3. The van der Waals surface area contributed by atoms with Gasteiger partial charge in [0.15, 0.2) is 11.5 Å². The van der Waals surface area contributed by atoms with Crippen molar-refractivity contribution in [3.8, 4) is 17.2 Å². The molecule has 0 unspecified atom stereocenters. The fourth-order valence-electron chi connectivity index (χ4n) is 3.08. The van der Waals surface area contributed by atoms with Crippen molar-refractivity contribution in [2.75, 3.05) is 21.3 Å². The Hall–Kier alpha value is -2.16. The zero-order chi connectivity index (χ0) is 17.5. The number of benzene rings is 2. The largest absolute Gasteiger partial charge is 0.496 e. The second-order valence-electron chi connectivity index (χ2n) is 5.84. The highest BCUT2D eigenvalue weighted by Crippen LogP contribution is 2.30. The molecular formula is C21H28O3. The first-order chi connectivity index (χ1) is 11.7. The lowest BCUT2D eigenvalue weighted by atomic mass is 9.96. The van der Waals surface area contributed by atoms with E-state index in [-0.39, 0.29) is 0 Å². The maximum Gasteiger partial charge on any atom is 0.160 e. The molecule has 0 aliphatic carbocycles. The lowest BCUT2D eigenvalue weighted by Crippen LogP contribution is -2.00. The summed E-state index contributed by atoms with van der Waals surface area (Å²) in [5.74, 6) is 2.61. The van der Waals surface area contributed by atoms with Crippen LogP contribution in [0.15, 0.2) is 30.3 Å². The molecule has 3 nitrogen and oxygen atoms in total. The van der Waals surface area contributed by atoms with Crippen LogP contribution < -0.4 is 14.2 Å². The van der Waals surface area contributed by atoms with Crippen LogP contribution in [0.3, 0.4) is 0 Å². The van der Waals surface area contributed by atoms with Gasteiger partial charge in [-0.1, -0.05) is 32.0 Å². The van der Waals surface area contributed by atoms with E-state index in [0.29, 0.717) is 0 Å². The van der Waals surface area contributed by atoms with Gasteiger partial charge >= 0.3 is 0 Å². The highest BCUT2D eigenvalue weighted by molar-refractivity contribution is 5.46. The summed E-state index contributed by atoms with van der Waals surface area (Å²) in [5, 5.41) is 0. The van der Waals surface area contributed by atoms with Crippen molar-refractivity contribution in [2.45, 2.75) is 39.5 Å². The van der Waals surface area contributed by atoms with Crippen LogP contribution >= 0.6 is 0 Å². The van der Waals surface area contributed by atoms with Crippen LogP contribution in [-0.2, 0) is 25.7 Å². The van der Waals surface area contributed by atoms with E-state index >= 15 is 0 Å². The van der Waals surface area contributed by atoms with Gasteiger partial charge in [-0.05, 0) is 60.1 Å². The Morgan fingerprint density at radius 3 is 1.75 bits per heavy atom. The molecule has 0 radical (unpaired) electrons. The van der Waals surface area contributed by atoms with Crippen LogP contribution in [0.2, 0.25) is 0 Å². The molecule has 2 rings (SSSR count). The zero-order valence-electron chi connectivity index (χ0n) is 15.4. The number of methoxy groups -OCH3 is 3. The molecule has 0 heterocycles. The monoisotopic (exact) mass is 328 g/mol. The van der Waals surface area contributed by atoms with E-state index in [2.05, 4.69) is 38.1 Å². The Bertz CT molecular complexity index is 652. The Kier molecular flexibility index (Phi) is 6.53. The van der Waals surface area contributed by atoms with Gasteiger partial charge in [0, 0.05) is 0 Å². The SMILES string of the molecule is CCc1cc(CCc2ccc(OC)c(OC)c2)cc(CC)c1OC. The number of hydrogen-bond donors (Lipinski definition) is 0. The van der Waals surface area contributed by atoms with Crippen LogP contribution in [0.4, 0.5) is 0 Å². The summed E-state index contributed by atoms with van der Waals surface area (Å²) in [6.45, 7) is 4.35. The molecule has 0 saturated heterocycles. The number of ether oxygens (including phenoxy) is 3. The second-order valence-corrected chi connectivity index (χ2v) is 5.84. The summed E-state index contributed by atoms with van der Waals surface area (Å²) >= 11 is 0. The third-order valence-electron chi connectivity index (χ3n) is 4.42. The summed E-state index contributed by atoms with van der Waals surface area (Å²) < 4.78 is 16.3. The summed E-state index contributed by atoms with van der Waals surface area (Å²) in [5.41, 5.74) is 5.19. The highest BCUT2D eigenvalue weighted by Gasteiger charge is 2.10. The molecule has 0 amide bonds. The van der Waals surface area contributed by atoms with Crippen molar-refractivity contribution in [3.63, 3.8) is 0 Å². The first-order valence-corrected chi connectivity index (χ1v) is 8.56. The zero-order valence-corrected chi connectivity index (χ0v) is 15.4. The van der Waals surface area contributed by atoms with E-state index in [1.165, 1.54) is 22.3 Å². The van der Waals surface area contributed by atoms with Crippen molar-refractivity contribution in [3.05, 3.63) is 52.6 Å². The molecule has 0 fully saturated rings. The van der Waals surface area contributed by atoms with E-state index in [4.69, 9.17) is 14.2 Å². The van der Waals surface area contributed by atoms with E-state index in [9.17, 15) is 0 Å². The summed E-state index contributed by atoms with van der Waals surface area (Å²) in [7, 11) is 5.09. The van der Waals surface area contributed by atoms with Crippen LogP contribution in [0, 0.1) is 0 Å². The molecule has 24 heavy (non-hydrogen) atoms. The Balaban J connectivity index is 2.20.